The average Bonchev–Trinajstić information content (AvgIpc) is 3.20. The number of carbonyl (C=O) groups is 1. The van der Waals surface area contributed by atoms with Gasteiger partial charge < -0.3 is 10.3 Å². The number of carbonyl (C=O) groups excluding carboxylic acids is 1. The maximum absolute atomic E-state index is 12.6. The Labute approximate surface area is 148 Å². The van der Waals surface area contributed by atoms with Crippen LogP contribution >= 0.6 is 0 Å². The van der Waals surface area contributed by atoms with Crippen LogP contribution in [0.3, 0.4) is 0 Å². The molecule has 2 N–H and O–H groups in total. The van der Waals surface area contributed by atoms with Gasteiger partial charge in [0.15, 0.2) is 5.82 Å². The lowest BCUT2D eigenvalue weighted by molar-refractivity contribution is 0.102. The predicted octanol–water partition coefficient (Wildman–Crippen LogP) is 2.80. The predicted molar refractivity (Wildman–Crippen MR) is 95.6 cm³/mol. The van der Waals surface area contributed by atoms with Gasteiger partial charge in [-0.1, -0.05) is 12.1 Å². The van der Waals surface area contributed by atoms with Crippen LogP contribution in [0.4, 0.5) is 5.69 Å². The summed E-state index contributed by atoms with van der Waals surface area (Å²) >= 11 is 0. The van der Waals surface area contributed by atoms with Crippen LogP contribution < -0.4 is 5.32 Å². The number of amides is 1. The van der Waals surface area contributed by atoms with Gasteiger partial charge in [-0.3, -0.25) is 4.79 Å². The molecule has 4 aromatic rings. The molecular formula is C18H15N7O. The number of hydrogen-bond donors (Lipinski definition) is 2. The standard InChI is InChI=1S/C18H15N7O/c26-18(12-4-7-15-16(9-12)20-10-19-15)21-13-3-1-2-11(8-13)17-22-23-24-25(17)14-5-6-14/h1-4,7-10,14H,5-6H2,(H,19,20)(H,21,26). The van der Waals surface area contributed by atoms with E-state index in [0.29, 0.717) is 17.3 Å². The first-order valence-corrected chi connectivity index (χ1v) is 8.41. The lowest BCUT2D eigenvalue weighted by atomic mass is 10.1. The smallest absolute Gasteiger partial charge is 0.255 e. The summed E-state index contributed by atoms with van der Waals surface area (Å²) in [5.74, 6) is 0.544. The van der Waals surface area contributed by atoms with Gasteiger partial charge in [0.2, 0.25) is 0 Å². The second kappa shape index (κ2) is 5.76. The lowest BCUT2D eigenvalue weighted by Gasteiger charge is -2.08. The van der Waals surface area contributed by atoms with Crippen molar-refractivity contribution < 1.29 is 4.79 Å². The highest BCUT2D eigenvalue weighted by Crippen LogP contribution is 2.36. The van der Waals surface area contributed by atoms with Crippen molar-refractivity contribution in [2.45, 2.75) is 18.9 Å². The SMILES string of the molecule is O=C(Nc1cccc(-c2nnnn2C2CC2)c1)c1ccc2nc[nH]c2c1. The van der Waals surface area contributed by atoms with Crippen LogP contribution in [0, 0.1) is 0 Å². The summed E-state index contributed by atoms with van der Waals surface area (Å²) in [4.78, 5) is 19.7. The minimum absolute atomic E-state index is 0.180. The number of imidazole rings is 1. The van der Waals surface area contributed by atoms with Crippen LogP contribution in [0.15, 0.2) is 48.8 Å². The molecule has 0 bridgehead atoms. The van der Waals surface area contributed by atoms with E-state index in [-0.39, 0.29) is 5.91 Å². The van der Waals surface area contributed by atoms with Crippen LogP contribution in [0.2, 0.25) is 0 Å². The Bertz CT molecular complexity index is 1110. The fraction of sp³-hybridized carbons (Fsp3) is 0.167. The molecule has 8 nitrogen and oxygen atoms in total. The minimum atomic E-state index is -0.180. The summed E-state index contributed by atoms with van der Waals surface area (Å²) in [6, 6.07) is 13.3. The van der Waals surface area contributed by atoms with E-state index in [1.807, 2.05) is 35.0 Å². The van der Waals surface area contributed by atoms with Crippen LogP contribution in [0.25, 0.3) is 22.4 Å². The molecule has 1 fully saturated rings. The second-order valence-corrected chi connectivity index (χ2v) is 6.35. The van der Waals surface area contributed by atoms with Crippen molar-refractivity contribution in [1.82, 2.24) is 30.2 Å². The van der Waals surface area contributed by atoms with Gasteiger partial charge in [-0.25, -0.2) is 9.67 Å². The van der Waals surface area contributed by atoms with E-state index in [1.165, 1.54) is 0 Å². The van der Waals surface area contributed by atoms with Gasteiger partial charge in [-0.15, -0.1) is 5.10 Å². The molecule has 2 aromatic carbocycles. The summed E-state index contributed by atoms with van der Waals surface area (Å²) < 4.78 is 1.85. The maximum Gasteiger partial charge on any atom is 0.255 e. The number of hydrogen-bond acceptors (Lipinski definition) is 5. The highest BCUT2D eigenvalue weighted by atomic mass is 16.1. The summed E-state index contributed by atoms with van der Waals surface area (Å²) in [5.41, 5.74) is 3.80. The summed E-state index contributed by atoms with van der Waals surface area (Å²) in [6.07, 6.45) is 3.81. The summed E-state index contributed by atoms with van der Waals surface area (Å²) in [5, 5.41) is 14.9. The molecule has 1 aliphatic carbocycles. The van der Waals surface area contributed by atoms with Gasteiger partial charge in [0.1, 0.15) is 0 Å². The lowest BCUT2D eigenvalue weighted by Crippen LogP contribution is -2.12. The third-order valence-corrected chi connectivity index (χ3v) is 4.45. The zero-order valence-electron chi connectivity index (χ0n) is 13.8. The first-order chi connectivity index (χ1) is 12.8. The van der Waals surface area contributed by atoms with Crippen LogP contribution in [0.1, 0.15) is 29.2 Å². The van der Waals surface area contributed by atoms with Crippen molar-refractivity contribution in [3.8, 4) is 11.4 Å². The molecule has 5 rings (SSSR count). The quantitative estimate of drug-likeness (QED) is 0.592. The molecule has 0 unspecified atom stereocenters. The van der Waals surface area contributed by atoms with Gasteiger partial charge in [0.05, 0.1) is 23.4 Å². The number of benzene rings is 2. The van der Waals surface area contributed by atoms with Gasteiger partial charge in [-0.2, -0.15) is 0 Å². The van der Waals surface area contributed by atoms with Crippen molar-refractivity contribution in [3.63, 3.8) is 0 Å². The number of H-pyrrole nitrogens is 1. The zero-order chi connectivity index (χ0) is 17.5. The molecule has 0 aliphatic heterocycles. The molecule has 2 aromatic heterocycles. The summed E-state index contributed by atoms with van der Waals surface area (Å²) in [6.45, 7) is 0. The van der Waals surface area contributed by atoms with Gasteiger partial charge in [0, 0.05) is 16.8 Å². The van der Waals surface area contributed by atoms with E-state index < -0.39 is 0 Å². The molecule has 0 saturated heterocycles. The first kappa shape index (κ1) is 14.8. The van der Waals surface area contributed by atoms with E-state index in [0.717, 1.165) is 35.3 Å². The topological polar surface area (TPSA) is 101 Å². The molecule has 0 radical (unpaired) electrons. The Morgan fingerprint density at radius 3 is 3.00 bits per heavy atom. The number of rotatable bonds is 4. The van der Waals surface area contributed by atoms with E-state index in [1.54, 1.807) is 18.5 Å². The molecular weight excluding hydrogens is 330 g/mol. The maximum atomic E-state index is 12.6. The van der Waals surface area contributed by atoms with E-state index in [9.17, 15) is 4.79 Å². The first-order valence-electron chi connectivity index (χ1n) is 8.41. The number of fused-ring (bicyclic) bond motifs is 1. The Kier molecular flexibility index (Phi) is 3.27. The molecule has 1 saturated carbocycles. The molecule has 1 amide bonds. The number of nitrogens with one attached hydrogen (secondary N) is 2. The Morgan fingerprint density at radius 1 is 1.19 bits per heavy atom. The highest BCUT2D eigenvalue weighted by Gasteiger charge is 2.28. The van der Waals surface area contributed by atoms with Crippen molar-refractivity contribution in [2.24, 2.45) is 0 Å². The van der Waals surface area contributed by atoms with E-state index in [2.05, 4.69) is 30.8 Å². The van der Waals surface area contributed by atoms with Crippen LogP contribution in [-0.2, 0) is 0 Å². The third kappa shape index (κ3) is 2.61. The monoisotopic (exact) mass is 345 g/mol. The minimum Gasteiger partial charge on any atom is -0.345 e. The molecule has 0 spiro atoms. The zero-order valence-corrected chi connectivity index (χ0v) is 13.8. The molecule has 8 heteroatoms. The summed E-state index contributed by atoms with van der Waals surface area (Å²) in [7, 11) is 0. The van der Waals surface area contributed by atoms with Crippen LogP contribution in [0.5, 0.6) is 0 Å². The van der Waals surface area contributed by atoms with E-state index in [4.69, 9.17) is 0 Å². The van der Waals surface area contributed by atoms with Gasteiger partial charge in [-0.05, 0) is 53.6 Å². The number of aromatic nitrogens is 6. The normalized spacial score (nSPS) is 13.8. The van der Waals surface area contributed by atoms with Crippen LogP contribution in [-0.4, -0.2) is 36.1 Å². The highest BCUT2D eigenvalue weighted by molar-refractivity contribution is 6.06. The van der Waals surface area contributed by atoms with Gasteiger partial charge >= 0.3 is 0 Å². The Hall–Kier alpha value is -3.55. The molecule has 26 heavy (non-hydrogen) atoms. The third-order valence-electron chi connectivity index (χ3n) is 4.45. The molecule has 0 atom stereocenters. The molecule has 1 aliphatic rings. The fourth-order valence-corrected chi connectivity index (χ4v) is 2.96. The van der Waals surface area contributed by atoms with E-state index >= 15 is 0 Å². The molecule has 128 valence electrons. The largest absolute Gasteiger partial charge is 0.345 e. The number of nitrogens with zero attached hydrogens (tertiary/aromatic N) is 5. The number of anilines is 1. The van der Waals surface area contributed by atoms with Crippen molar-refractivity contribution in [2.75, 3.05) is 5.32 Å². The van der Waals surface area contributed by atoms with Crippen molar-refractivity contribution in [3.05, 3.63) is 54.4 Å². The number of aromatic amines is 1. The van der Waals surface area contributed by atoms with Crippen molar-refractivity contribution >= 4 is 22.6 Å². The second-order valence-electron chi connectivity index (χ2n) is 6.35. The fourth-order valence-electron chi connectivity index (χ4n) is 2.96. The average molecular weight is 345 g/mol. The molecule has 2 heterocycles. The Morgan fingerprint density at radius 2 is 2.12 bits per heavy atom. The van der Waals surface area contributed by atoms with Gasteiger partial charge in [0.25, 0.3) is 5.91 Å². The number of tetrazole rings is 1. The van der Waals surface area contributed by atoms with Crippen molar-refractivity contribution in [1.29, 1.82) is 0 Å². The Balaban J connectivity index is 1.41.